The van der Waals surface area contributed by atoms with Crippen molar-refractivity contribution in [1.29, 1.82) is 0 Å². The van der Waals surface area contributed by atoms with Gasteiger partial charge in [-0.2, -0.15) is 0 Å². The molecule has 31 heavy (non-hydrogen) atoms. The van der Waals surface area contributed by atoms with Crippen LogP contribution >= 0.6 is 0 Å². The summed E-state index contributed by atoms with van der Waals surface area (Å²) in [5.41, 5.74) is 2.36. The lowest BCUT2D eigenvalue weighted by Crippen LogP contribution is -2.28. The molecule has 1 saturated heterocycles. The van der Waals surface area contributed by atoms with Crippen molar-refractivity contribution in [3.63, 3.8) is 0 Å². The summed E-state index contributed by atoms with van der Waals surface area (Å²) in [5, 5.41) is 1.85. The van der Waals surface area contributed by atoms with E-state index in [1.165, 1.54) is 0 Å². The van der Waals surface area contributed by atoms with Gasteiger partial charge in [0.1, 0.15) is 6.61 Å². The molecule has 1 fully saturated rings. The van der Waals surface area contributed by atoms with Crippen molar-refractivity contribution in [3.8, 4) is 17.2 Å². The van der Waals surface area contributed by atoms with Crippen molar-refractivity contribution in [2.24, 2.45) is 11.8 Å². The van der Waals surface area contributed by atoms with Crippen LogP contribution in [-0.4, -0.2) is 39.7 Å². The highest BCUT2D eigenvalue weighted by atomic mass is 16.5. The number of ketones is 1. The molecule has 3 atom stereocenters. The second kappa shape index (κ2) is 7.30. The molecule has 5 rings (SSSR count). The number of esters is 1. The minimum atomic E-state index is -0.631. The van der Waals surface area contributed by atoms with Gasteiger partial charge in [0.15, 0.2) is 17.3 Å². The van der Waals surface area contributed by atoms with Crippen LogP contribution < -0.4 is 14.2 Å². The standard InChI is InChI=1S/C25H22O6/c1-28-18-10-14(11-19(29-2)24(18)30-3)21-15-8-4-6-13-7-5-9-16(20(13)15)23(26)17-12-31-25(27)22(17)21/h4-11,17,21-22H,12H2,1-3H3/t17-,21-,22-/m1/s1. The Morgan fingerprint density at radius 3 is 2.23 bits per heavy atom. The van der Waals surface area contributed by atoms with Crippen LogP contribution in [-0.2, 0) is 9.53 Å². The normalized spacial score (nSPS) is 22.0. The number of fused-ring (bicyclic) bond motifs is 1. The van der Waals surface area contributed by atoms with Crippen LogP contribution in [0.3, 0.4) is 0 Å². The highest BCUT2D eigenvalue weighted by Crippen LogP contribution is 2.50. The highest BCUT2D eigenvalue weighted by molar-refractivity contribution is 6.13. The van der Waals surface area contributed by atoms with Gasteiger partial charge < -0.3 is 18.9 Å². The fourth-order valence-corrected chi connectivity index (χ4v) is 5.04. The lowest BCUT2D eigenvalue weighted by Gasteiger charge is -2.25. The molecule has 6 nitrogen and oxygen atoms in total. The SMILES string of the molecule is COc1cc([C@@H]2c3cccc4cccc(c34)C(=O)[C@@H]3COC(=O)[C@@H]23)cc(OC)c1OC. The van der Waals surface area contributed by atoms with Crippen molar-refractivity contribution in [1.82, 2.24) is 0 Å². The molecule has 0 aromatic heterocycles. The third-order valence-electron chi connectivity index (χ3n) is 6.39. The molecule has 0 bridgehead atoms. The highest BCUT2D eigenvalue weighted by Gasteiger charge is 2.50. The van der Waals surface area contributed by atoms with E-state index in [-0.39, 0.29) is 18.4 Å². The predicted octanol–water partition coefficient (Wildman–Crippen LogP) is 3.98. The fourth-order valence-electron chi connectivity index (χ4n) is 5.04. The van der Waals surface area contributed by atoms with E-state index >= 15 is 0 Å². The van der Waals surface area contributed by atoms with E-state index in [1.54, 1.807) is 21.3 Å². The number of cyclic esters (lactones) is 1. The Labute approximate surface area is 179 Å². The summed E-state index contributed by atoms with van der Waals surface area (Å²) in [5.74, 6) is -0.521. The van der Waals surface area contributed by atoms with Crippen LogP contribution in [0, 0.1) is 11.8 Å². The van der Waals surface area contributed by atoms with Gasteiger partial charge in [-0.15, -0.1) is 0 Å². The number of hydrogen-bond donors (Lipinski definition) is 0. The maximum atomic E-state index is 13.5. The van der Waals surface area contributed by atoms with E-state index in [2.05, 4.69) is 0 Å². The van der Waals surface area contributed by atoms with E-state index in [1.807, 2.05) is 48.5 Å². The molecular formula is C25H22O6. The summed E-state index contributed by atoms with van der Waals surface area (Å²) >= 11 is 0. The molecule has 0 unspecified atom stereocenters. The van der Waals surface area contributed by atoms with Gasteiger partial charge in [-0.05, 0) is 34.0 Å². The van der Waals surface area contributed by atoms with Crippen LogP contribution in [0.25, 0.3) is 10.8 Å². The van der Waals surface area contributed by atoms with Crippen molar-refractivity contribution >= 4 is 22.5 Å². The number of Topliss-reactive ketones (excluding diaryl/α,β-unsaturated/α-hetero) is 1. The number of benzene rings is 3. The fraction of sp³-hybridized carbons (Fsp3) is 0.280. The lowest BCUT2D eigenvalue weighted by atomic mass is 9.75. The Balaban J connectivity index is 1.84. The van der Waals surface area contributed by atoms with Gasteiger partial charge in [0, 0.05) is 11.5 Å². The van der Waals surface area contributed by atoms with Crippen LogP contribution in [0.1, 0.15) is 27.4 Å². The molecule has 3 aromatic rings. The van der Waals surface area contributed by atoms with Crippen molar-refractivity contribution in [2.45, 2.75) is 5.92 Å². The molecule has 0 radical (unpaired) electrons. The number of ether oxygens (including phenoxy) is 4. The first kappa shape index (κ1) is 19.4. The van der Waals surface area contributed by atoms with Gasteiger partial charge in [0.2, 0.25) is 5.75 Å². The minimum absolute atomic E-state index is 0.0520. The molecule has 1 heterocycles. The second-order valence-electron chi connectivity index (χ2n) is 7.81. The van der Waals surface area contributed by atoms with Crippen molar-refractivity contribution in [3.05, 3.63) is 65.2 Å². The summed E-state index contributed by atoms with van der Waals surface area (Å²) < 4.78 is 22.0. The van der Waals surface area contributed by atoms with Gasteiger partial charge in [-0.1, -0.05) is 36.4 Å². The molecule has 0 N–H and O–H groups in total. The van der Waals surface area contributed by atoms with E-state index in [9.17, 15) is 9.59 Å². The number of methoxy groups -OCH3 is 3. The molecule has 2 aliphatic rings. The monoisotopic (exact) mass is 418 g/mol. The van der Waals surface area contributed by atoms with Gasteiger partial charge in [-0.3, -0.25) is 9.59 Å². The molecule has 0 saturated carbocycles. The third-order valence-corrected chi connectivity index (χ3v) is 6.39. The average Bonchev–Trinajstić information content (AvgIpc) is 3.13. The molecule has 158 valence electrons. The summed E-state index contributed by atoms with van der Waals surface area (Å²) in [6.07, 6.45) is 0. The van der Waals surface area contributed by atoms with Gasteiger partial charge in [-0.25, -0.2) is 0 Å². The first-order chi connectivity index (χ1) is 15.1. The molecule has 0 amide bonds. The van der Waals surface area contributed by atoms with Gasteiger partial charge in [0.25, 0.3) is 0 Å². The molecule has 0 spiro atoms. The quantitative estimate of drug-likeness (QED) is 0.597. The van der Waals surface area contributed by atoms with Gasteiger partial charge in [0.05, 0.1) is 33.2 Å². The van der Waals surface area contributed by atoms with E-state index in [4.69, 9.17) is 18.9 Å². The number of rotatable bonds is 4. The van der Waals surface area contributed by atoms with Crippen molar-refractivity contribution < 1.29 is 28.5 Å². The lowest BCUT2D eigenvalue weighted by molar-refractivity contribution is -0.141. The second-order valence-corrected chi connectivity index (χ2v) is 7.81. The number of carbonyl (C=O) groups excluding carboxylic acids is 2. The van der Waals surface area contributed by atoms with E-state index < -0.39 is 17.8 Å². The molecule has 1 aliphatic heterocycles. The first-order valence-electron chi connectivity index (χ1n) is 10.1. The number of hydrogen-bond acceptors (Lipinski definition) is 6. The third kappa shape index (κ3) is 2.78. The average molecular weight is 418 g/mol. The largest absolute Gasteiger partial charge is 0.493 e. The van der Waals surface area contributed by atoms with E-state index in [0.717, 1.165) is 21.9 Å². The molecule has 3 aromatic carbocycles. The van der Waals surface area contributed by atoms with E-state index in [0.29, 0.717) is 22.8 Å². The zero-order valence-corrected chi connectivity index (χ0v) is 17.5. The maximum Gasteiger partial charge on any atom is 0.310 e. The smallest absolute Gasteiger partial charge is 0.310 e. The Morgan fingerprint density at radius 2 is 1.58 bits per heavy atom. The van der Waals surface area contributed by atoms with Crippen LogP contribution in [0.5, 0.6) is 17.2 Å². The summed E-state index contributed by atoms with van der Waals surface area (Å²) in [7, 11) is 4.66. The van der Waals surface area contributed by atoms with Crippen LogP contribution in [0.4, 0.5) is 0 Å². The van der Waals surface area contributed by atoms with Crippen LogP contribution in [0.15, 0.2) is 48.5 Å². The molecular weight excluding hydrogens is 396 g/mol. The number of carbonyl (C=O) groups is 2. The summed E-state index contributed by atoms with van der Waals surface area (Å²) in [4.78, 5) is 26.4. The molecule has 1 aliphatic carbocycles. The Morgan fingerprint density at radius 1 is 0.903 bits per heavy atom. The van der Waals surface area contributed by atoms with Crippen LogP contribution in [0.2, 0.25) is 0 Å². The topological polar surface area (TPSA) is 71.1 Å². The van der Waals surface area contributed by atoms with Crippen molar-refractivity contribution in [2.75, 3.05) is 27.9 Å². The Hall–Kier alpha value is -3.54. The molecule has 6 heteroatoms. The Bertz CT molecular complexity index is 1180. The minimum Gasteiger partial charge on any atom is -0.493 e. The first-order valence-corrected chi connectivity index (χ1v) is 10.1. The zero-order valence-electron chi connectivity index (χ0n) is 17.5. The predicted molar refractivity (Wildman–Crippen MR) is 114 cm³/mol. The van der Waals surface area contributed by atoms with Gasteiger partial charge >= 0.3 is 5.97 Å². The zero-order chi connectivity index (χ0) is 21.7. The Kier molecular flexibility index (Phi) is 4.58. The summed E-state index contributed by atoms with van der Waals surface area (Å²) in [6.45, 7) is 0.0909. The summed E-state index contributed by atoms with van der Waals surface area (Å²) in [6, 6.07) is 15.3. The maximum absolute atomic E-state index is 13.5.